The van der Waals surface area contributed by atoms with Crippen molar-refractivity contribution < 1.29 is 4.42 Å². The molecule has 0 aliphatic carbocycles. The Kier molecular flexibility index (Phi) is 6.62. The smallest absolute Gasteiger partial charge is 0.143 e. The second kappa shape index (κ2) is 11.8. The summed E-state index contributed by atoms with van der Waals surface area (Å²) in [5, 5.41) is 12.2. The molecule has 1 nitrogen and oxygen atoms in total. The zero-order chi connectivity index (χ0) is 34.9. The topological polar surface area (TPSA) is 13.1 Å². The van der Waals surface area contributed by atoms with E-state index in [1.165, 1.54) is 76.5 Å². The van der Waals surface area contributed by atoms with Crippen molar-refractivity contribution in [3.8, 4) is 44.5 Å². The van der Waals surface area contributed by atoms with E-state index in [1.807, 2.05) is 0 Å². The molecule has 11 rings (SSSR count). The molecule has 0 bridgehead atoms. The standard InChI is InChI=1S/C52H32O/c1-3-14-33(15-4-1)36-27-26-35-28-29-39-38(47(35)32-36)23-13-24-40(39)49-41-18-7-9-20-43(41)50(44-21-10-8-19-42(44)49)46-31-30-37(34-16-5-2-6-17-34)52-51(46)45-22-11-12-25-48(45)53-52/h1-32H. The van der Waals surface area contributed by atoms with Crippen LogP contribution in [0, 0.1) is 0 Å². The molecule has 0 aliphatic heterocycles. The van der Waals surface area contributed by atoms with Crippen LogP contribution in [0.25, 0.3) is 110 Å². The maximum Gasteiger partial charge on any atom is 0.143 e. The Bertz CT molecular complexity index is 3150. The highest BCUT2D eigenvalue weighted by Crippen LogP contribution is 2.49. The molecule has 246 valence electrons. The number of hydrogen-bond donors (Lipinski definition) is 0. The van der Waals surface area contributed by atoms with Gasteiger partial charge in [-0.15, -0.1) is 0 Å². The Morgan fingerprint density at radius 3 is 1.53 bits per heavy atom. The van der Waals surface area contributed by atoms with Crippen molar-refractivity contribution in [2.45, 2.75) is 0 Å². The van der Waals surface area contributed by atoms with Crippen LogP contribution in [0.4, 0.5) is 0 Å². The summed E-state index contributed by atoms with van der Waals surface area (Å²) in [6.45, 7) is 0. The SMILES string of the molecule is c1ccc(-c2ccc3ccc4c(-c5c6ccccc6c(-c6ccc(-c7ccccc7)c7oc8ccccc8c67)c6ccccc56)cccc4c3c2)cc1. The number of furan rings is 1. The van der Waals surface area contributed by atoms with Gasteiger partial charge in [0, 0.05) is 16.3 Å². The maximum atomic E-state index is 6.74. The van der Waals surface area contributed by atoms with Gasteiger partial charge in [-0.1, -0.05) is 176 Å². The van der Waals surface area contributed by atoms with E-state index in [0.717, 1.165) is 33.1 Å². The minimum Gasteiger partial charge on any atom is -0.455 e. The first kappa shape index (κ1) is 29.7. The van der Waals surface area contributed by atoms with Crippen molar-refractivity contribution in [3.63, 3.8) is 0 Å². The van der Waals surface area contributed by atoms with Gasteiger partial charge in [-0.05, 0) is 100 Å². The van der Waals surface area contributed by atoms with Gasteiger partial charge in [0.2, 0.25) is 0 Å². The van der Waals surface area contributed by atoms with Crippen molar-refractivity contribution in [2.75, 3.05) is 0 Å². The molecule has 1 aromatic heterocycles. The van der Waals surface area contributed by atoms with Crippen LogP contribution in [-0.2, 0) is 0 Å². The third-order valence-electron chi connectivity index (χ3n) is 11.1. The minimum atomic E-state index is 0.899. The van der Waals surface area contributed by atoms with Gasteiger partial charge in [0.25, 0.3) is 0 Å². The van der Waals surface area contributed by atoms with E-state index in [0.29, 0.717) is 0 Å². The molecule has 11 aromatic rings. The molecule has 0 spiro atoms. The Morgan fingerprint density at radius 2 is 0.830 bits per heavy atom. The summed E-state index contributed by atoms with van der Waals surface area (Å²) >= 11 is 0. The third-order valence-corrected chi connectivity index (χ3v) is 11.1. The number of para-hydroxylation sites is 1. The molecule has 0 saturated heterocycles. The number of rotatable bonds is 4. The predicted octanol–water partition coefficient (Wildman–Crippen LogP) is 14.9. The molecule has 0 amide bonds. The molecule has 0 fully saturated rings. The largest absolute Gasteiger partial charge is 0.455 e. The lowest BCUT2D eigenvalue weighted by Crippen LogP contribution is -1.93. The Balaban J connectivity index is 1.22. The molecule has 0 atom stereocenters. The second-order valence-corrected chi connectivity index (χ2v) is 13.9. The van der Waals surface area contributed by atoms with Gasteiger partial charge in [-0.3, -0.25) is 0 Å². The minimum absolute atomic E-state index is 0.899. The highest BCUT2D eigenvalue weighted by atomic mass is 16.3. The van der Waals surface area contributed by atoms with E-state index < -0.39 is 0 Å². The van der Waals surface area contributed by atoms with Crippen LogP contribution in [-0.4, -0.2) is 0 Å². The van der Waals surface area contributed by atoms with Gasteiger partial charge < -0.3 is 4.42 Å². The van der Waals surface area contributed by atoms with Crippen molar-refractivity contribution in [2.24, 2.45) is 0 Å². The molecule has 0 aliphatic rings. The zero-order valence-electron chi connectivity index (χ0n) is 28.9. The Labute approximate surface area is 307 Å². The van der Waals surface area contributed by atoms with Crippen molar-refractivity contribution in [3.05, 3.63) is 194 Å². The van der Waals surface area contributed by atoms with Crippen LogP contribution >= 0.6 is 0 Å². The van der Waals surface area contributed by atoms with E-state index in [2.05, 4.69) is 194 Å². The molecular formula is C52H32O. The molecule has 53 heavy (non-hydrogen) atoms. The van der Waals surface area contributed by atoms with Gasteiger partial charge in [0.05, 0.1) is 0 Å². The van der Waals surface area contributed by atoms with E-state index in [1.54, 1.807) is 0 Å². The fourth-order valence-corrected chi connectivity index (χ4v) is 8.71. The molecule has 0 saturated carbocycles. The summed E-state index contributed by atoms with van der Waals surface area (Å²) in [5.74, 6) is 0. The van der Waals surface area contributed by atoms with E-state index in [9.17, 15) is 0 Å². The summed E-state index contributed by atoms with van der Waals surface area (Å²) in [4.78, 5) is 0. The molecule has 10 aromatic carbocycles. The summed E-state index contributed by atoms with van der Waals surface area (Å²) in [6.07, 6.45) is 0. The highest BCUT2D eigenvalue weighted by molar-refractivity contribution is 6.28. The second-order valence-electron chi connectivity index (χ2n) is 13.9. The summed E-state index contributed by atoms with van der Waals surface area (Å²) in [5.41, 5.74) is 11.4. The van der Waals surface area contributed by atoms with Crippen LogP contribution in [0.3, 0.4) is 0 Å². The average Bonchev–Trinajstić information content (AvgIpc) is 3.63. The summed E-state index contributed by atoms with van der Waals surface area (Å²) < 4.78 is 6.74. The van der Waals surface area contributed by atoms with Crippen LogP contribution in [0.15, 0.2) is 199 Å². The van der Waals surface area contributed by atoms with Gasteiger partial charge in [-0.2, -0.15) is 0 Å². The summed E-state index contributed by atoms with van der Waals surface area (Å²) in [6, 6.07) is 70.4. The first-order chi connectivity index (χ1) is 26.3. The Morgan fingerprint density at radius 1 is 0.283 bits per heavy atom. The fourth-order valence-electron chi connectivity index (χ4n) is 8.71. The number of hydrogen-bond acceptors (Lipinski definition) is 1. The van der Waals surface area contributed by atoms with Crippen LogP contribution in [0.1, 0.15) is 0 Å². The molecular weight excluding hydrogens is 641 g/mol. The maximum absolute atomic E-state index is 6.74. The quantitative estimate of drug-likeness (QED) is 0.134. The lowest BCUT2D eigenvalue weighted by molar-refractivity contribution is 0.670. The van der Waals surface area contributed by atoms with Crippen molar-refractivity contribution in [1.29, 1.82) is 0 Å². The monoisotopic (exact) mass is 672 g/mol. The molecule has 1 heterocycles. The lowest BCUT2D eigenvalue weighted by atomic mass is 9.83. The van der Waals surface area contributed by atoms with E-state index in [4.69, 9.17) is 4.42 Å². The normalized spacial score (nSPS) is 11.8. The molecule has 0 unspecified atom stereocenters. The van der Waals surface area contributed by atoms with Gasteiger partial charge >= 0.3 is 0 Å². The summed E-state index contributed by atoms with van der Waals surface area (Å²) in [7, 11) is 0. The average molecular weight is 673 g/mol. The first-order valence-electron chi connectivity index (χ1n) is 18.3. The zero-order valence-corrected chi connectivity index (χ0v) is 28.9. The molecule has 0 N–H and O–H groups in total. The van der Waals surface area contributed by atoms with Gasteiger partial charge in [0.15, 0.2) is 0 Å². The van der Waals surface area contributed by atoms with Gasteiger partial charge in [-0.25, -0.2) is 0 Å². The van der Waals surface area contributed by atoms with Crippen molar-refractivity contribution in [1.82, 2.24) is 0 Å². The first-order valence-corrected chi connectivity index (χ1v) is 18.3. The predicted molar refractivity (Wildman–Crippen MR) is 225 cm³/mol. The van der Waals surface area contributed by atoms with Gasteiger partial charge in [0.1, 0.15) is 11.2 Å². The Hall–Kier alpha value is -6.96. The van der Waals surface area contributed by atoms with Crippen LogP contribution in [0.2, 0.25) is 0 Å². The van der Waals surface area contributed by atoms with E-state index >= 15 is 0 Å². The third kappa shape index (κ3) is 4.58. The fraction of sp³-hybridized carbons (Fsp3) is 0. The highest BCUT2D eigenvalue weighted by Gasteiger charge is 2.23. The molecule has 0 radical (unpaired) electrons. The van der Waals surface area contributed by atoms with Crippen molar-refractivity contribution >= 4 is 65.0 Å². The van der Waals surface area contributed by atoms with E-state index in [-0.39, 0.29) is 0 Å². The van der Waals surface area contributed by atoms with Crippen LogP contribution < -0.4 is 0 Å². The number of fused-ring (bicyclic) bond motifs is 8. The molecule has 1 heteroatoms. The number of benzene rings is 10. The van der Waals surface area contributed by atoms with Crippen LogP contribution in [0.5, 0.6) is 0 Å². The lowest BCUT2D eigenvalue weighted by Gasteiger charge is -2.20.